The molecule has 0 unspecified atom stereocenters. The number of nitrogens with zero attached hydrogens (tertiary/aromatic N) is 3. The number of urea groups is 1. The molecule has 1 aromatic carbocycles. The summed E-state index contributed by atoms with van der Waals surface area (Å²) in [6, 6.07) is 4.74. The topological polar surface area (TPSA) is 122 Å². The molecule has 2 saturated heterocycles. The molecule has 4 amide bonds. The largest absolute Gasteiger partial charge is 0.444 e. The lowest BCUT2D eigenvalue weighted by Crippen LogP contribution is -2.56. The number of imide groups is 1. The average Bonchev–Trinajstić information content (AvgIpc) is 2.84. The highest BCUT2D eigenvalue weighted by atomic mass is 16.6. The number of likely N-dealkylation sites (tertiary alicyclic amines) is 1. The van der Waals surface area contributed by atoms with Crippen molar-refractivity contribution in [2.24, 2.45) is 0 Å². The number of nitro benzene ring substituents is 1. The lowest BCUT2D eigenvalue weighted by atomic mass is 9.87. The number of carbonyl (C=O) groups excluding carboxylic acids is 3. The van der Waals surface area contributed by atoms with Gasteiger partial charge in [0.2, 0.25) is 0 Å². The summed E-state index contributed by atoms with van der Waals surface area (Å²) in [4.78, 5) is 50.5. The summed E-state index contributed by atoms with van der Waals surface area (Å²) < 4.78 is 5.34. The number of carbonyl (C=O) groups is 3. The summed E-state index contributed by atoms with van der Waals surface area (Å²) >= 11 is 0. The molecule has 2 aliphatic heterocycles. The van der Waals surface area contributed by atoms with Gasteiger partial charge in [0, 0.05) is 25.2 Å². The lowest BCUT2D eigenvalue weighted by Gasteiger charge is -2.37. The zero-order valence-electron chi connectivity index (χ0n) is 15.9. The third kappa shape index (κ3) is 3.62. The number of nitro groups is 1. The second-order valence-electron chi connectivity index (χ2n) is 7.90. The van der Waals surface area contributed by atoms with E-state index in [0.717, 1.165) is 4.90 Å². The number of benzene rings is 1. The quantitative estimate of drug-likeness (QED) is 0.470. The van der Waals surface area contributed by atoms with Crippen LogP contribution in [0.5, 0.6) is 0 Å². The van der Waals surface area contributed by atoms with Crippen LogP contribution in [0.1, 0.15) is 33.6 Å². The van der Waals surface area contributed by atoms with E-state index in [1.165, 1.54) is 29.2 Å². The molecule has 10 heteroatoms. The molecule has 2 heterocycles. The Bertz CT molecular complexity index is 839. The van der Waals surface area contributed by atoms with E-state index in [1.54, 1.807) is 20.8 Å². The van der Waals surface area contributed by atoms with Crippen LogP contribution in [0, 0.1) is 10.1 Å². The SMILES string of the molecule is CC(C)(C)OC(=O)N1CCC2(CC1)NC(=O)N(c1cccc([N+](=O)[O-])c1)C2=O. The van der Waals surface area contributed by atoms with Gasteiger partial charge >= 0.3 is 12.1 Å². The van der Waals surface area contributed by atoms with Gasteiger partial charge in [-0.25, -0.2) is 14.5 Å². The minimum absolute atomic E-state index is 0.142. The maximum atomic E-state index is 13.0. The van der Waals surface area contributed by atoms with E-state index in [9.17, 15) is 24.5 Å². The Kier molecular flexibility index (Phi) is 4.74. The first-order valence-electron chi connectivity index (χ1n) is 8.91. The van der Waals surface area contributed by atoms with E-state index in [2.05, 4.69) is 5.32 Å². The van der Waals surface area contributed by atoms with Crippen molar-refractivity contribution in [3.63, 3.8) is 0 Å². The van der Waals surface area contributed by atoms with Crippen molar-refractivity contribution in [1.82, 2.24) is 10.2 Å². The van der Waals surface area contributed by atoms with Crippen LogP contribution < -0.4 is 10.2 Å². The molecule has 0 radical (unpaired) electrons. The van der Waals surface area contributed by atoms with Crippen LogP contribution in [0.25, 0.3) is 0 Å². The standard InChI is InChI=1S/C18H22N4O6/c1-17(2,3)28-16(25)20-9-7-18(8-10-20)14(23)21(15(24)19-18)12-5-4-6-13(11-12)22(26)27/h4-6,11H,7-10H2,1-3H3,(H,19,24). The molecule has 0 saturated carbocycles. The highest BCUT2D eigenvalue weighted by molar-refractivity contribution is 6.23. The average molecular weight is 390 g/mol. The van der Waals surface area contributed by atoms with Gasteiger partial charge in [-0.05, 0) is 39.7 Å². The summed E-state index contributed by atoms with van der Waals surface area (Å²) in [6.07, 6.45) is 0.0134. The van der Waals surface area contributed by atoms with Crippen LogP contribution in [0.2, 0.25) is 0 Å². The number of nitrogens with one attached hydrogen (secondary N) is 1. The van der Waals surface area contributed by atoms with Crippen LogP contribution >= 0.6 is 0 Å². The second kappa shape index (κ2) is 6.77. The molecule has 3 rings (SSSR count). The summed E-state index contributed by atoms with van der Waals surface area (Å²) in [5.74, 6) is -0.471. The van der Waals surface area contributed by atoms with E-state index in [0.29, 0.717) is 0 Å². The van der Waals surface area contributed by atoms with Gasteiger partial charge in [-0.2, -0.15) is 0 Å². The van der Waals surface area contributed by atoms with Gasteiger partial charge in [-0.3, -0.25) is 14.9 Å². The molecule has 2 fully saturated rings. The molecule has 150 valence electrons. The number of amides is 4. The van der Waals surface area contributed by atoms with Crippen LogP contribution in [0.15, 0.2) is 24.3 Å². The molecular weight excluding hydrogens is 368 g/mol. The van der Waals surface area contributed by atoms with E-state index >= 15 is 0 Å². The van der Waals surface area contributed by atoms with Gasteiger partial charge in [-0.1, -0.05) is 6.07 Å². The number of piperidine rings is 1. The van der Waals surface area contributed by atoms with Crippen molar-refractivity contribution >= 4 is 29.4 Å². The monoisotopic (exact) mass is 390 g/mol. The Labute approximate surface area is 161 Å². The zero-order chi connectivity index (χ0) is 20.7. The fraction of sp³-hybridized carbons (Fsp3) is 0.500. The van der Waals surface area contributed by atoms with Gasteiger partial charge in [0.15, 0.2) is 0 Å². The third-order valence-corrected chi connectivity index (χ3v) is 4.73. The molecule has 10 nitrogen and oxygen atoms in total. The Morgan fingerprint density at radius 2 is 1.89 bits per heavy atom. The molecule has 1 aromatic rings. The number of hydrogen-bond acceptors (Lipinski definition) is 6. The van der Waals surface area contributed by atoms with Gasteiger partial charge in [-0.15, -0.1) is 0 Å². The maximum Gasteiger partial charge on any atom is 0.410 e. The van der Waals surface area contributed by atoms with Crippen LogP contribution in [0.3, 0.4) is 0 Å². The lowest BCUT2D eigenvalue weighted by molar-refractivity contribution is -0.384. The zero-order valence-corrected chi connectivity index (χ0v) is 15.9. The van der Waals surface area contributed by atoms with E-state index < -0.39 is 34.1 Å². The Hall–Kier alpha value is -3.17. The van der Waals surface area contributed by atoms with Crippen molar-refractivity contribution in [2.45, 2.75) is 44.8 Å². The number of anilines is 1. The van der Waals surface area contributed by atoms with Crippen molar-refractivity contribution in [2.75, 3.05) is 18.0 Å². The van der Waals surface area contributed by atoms with Gasteiger partial charge in [0.05, 0.1) is 10.6 Å². The molecule has 0 aliphatic carbocycles. The fourth-order valence-corrected chi connectivity index (χ4v) is 3.34. The smallest absolute Gasteiger partial charge is 0.410 e. The predicted octanol–water partition coefficient (Wildman–Crippen LogP) is 2.42. The first kappa shape index (κ1) is 19.6. The number of rotatable bonds is 2. The molecule has 0 aromatic heterocycles. The van der Waals surface area contributed by atoms with Gasteiger partial charge < -0.3 is 15.0 Å². The molecule has 1 N–H and O–H groups in total. The molecule has 2 aliphatic rings. The Morgan fingerprint density at radius 1 is 1.25 bits per heavy atom. The molecule has 1 spiro atoms. The van der Waals surface area contributed by atoms with E-state index in [4.69, 9.17) is 4.74 Å². The van der Waals surface area contributed by atoms with Crippen LogP contribution in [-0.4, -0.2) is 52.1 Å². The molecule has 0 atom stereocenters. The van der Waals surface area contributed by atoms with Crippen molar-refractivity contribution in [3.05, 3.63) is 34.4 Å². The minimum Gasteiger partial charge on any atom is -0.444 e. The summed E-state index contributed by atoms with van der Waals surface area (Å²) in [6.45, 7) is 5.82. The summed E-state index contributed by atoms with van der Waals surface area (Å²) in [7, 11) is 0. The Balaban J connectivity index is 1.75. The Morgan fingerprint density at radius 3 is 2.46 bits per heavy atom. The van der Waals surface area contributed by atoms with E-state index in [-0.39, 0.29) is 37.3 Å². The molecular formula is C18H22N4O6. The van der Waals surface area contributed by atoms with Gasteiger partial charge in [0.1, 0.15) is 11.1 Å². The first-order valence-corrected chi connectivity index (χ1v) is 8.91. The second-order valence-corrected chi connectivity index (χ2v) is 7.90. The summed E-state index contributed by atoms with van der Waals surface area (Å²) in [5.41, 5.74) is -1.82. The molecule has 28 heavy (non-hydrogen) atoms. The number of ether oxygens (including phenoxy) is 1. The van der Waals surface area contributed by atoms with Crippen molar-refractivity contribution in [3.8, 4) is 0 Å². The normalized spacial score (nSPS) is 19.0. The number of hydrogen-bond donors (Lipinski definition) is 1. The van der Waals surface area contributed by atoms with Crippen LogP contribution in [0.4, 0.5) is 21.0 Å². The van der Waals surface area contributed by atoms with Crippen molar-refractivity contribution in [1.29, 1.82) is 0 Å². The molecule has 0 bridgehead atoms. The number of non-ortho nitro benzene ring substituents is 1. The highest BCUT2D eigenvalue weighted by Gasteiger charge is 2.53. The van der Waals surface area contributed by atoms with Crippen molar-refractivity contribution < 1.29 is 24.0 Å². The van der Waals surface area contributed by atoms with E-state index in [1.807, 2.05) is 0 Å². The van der Waals surface area contributed by atoms with Gasteiger partial charge in [0.25, 0.3) is 11.6 Å². The highest BCUT2D eigenvalue weighted by Crippen LogP contribution is 2.34. The minimum atomic E-state index is -1.12. The maximum absolute atomic E-state index is 13.0. The fourth-order valence-electron chi connectivity index (χ4n) is 3.34. The summed E-state index contributed by atoms with van der Waals surface area (Å²) in [5, 5.41) is 13.7. The first-order chi connectivity index (χ1) is 13.0. The van der Waals surface area contributed by atoms with Crippen LogP contribution in [-0.2, 0) is 9.53 Å². The predicted molar refractivity (Wildman–Crippen MR) is 98.9 cm³/mol. The third-order valence-electron chi connectivity index (χ3n) is 4.73.